The van der Waals surface area contributed by atoms with Gasteiger partial charge >= 0.3 is 17.7 Å². The predicted octanol–water partition coefficient (Wildman–Crippen LogP) is 0.626. The van der Waals surface area contributed by atoms with Crippen LogP contribution in [0.4, 0.5) is 22.0 Å². The van der Waals surface area contributed by atoms with Gasteiger partial charge in [-0.1, -0.05) is 0 Å². The van der Waals surface area contributed by atoms with Crippen LogP contribution in [-0.2, 0) is 10.7 Å². The molecule has 13 heteroatoms. The number of fused-ring (bicyclic) bond motifs is 1. The molecule has 0 radical (unpaired) electrons. The molecular weight excluding hydrogens is 427 g/mol. The predicted molar refractivity (Wildman–Crippen MR) is 86.8 cm³/mol. The van der Waals surface area contributed by atoms with Crippen molar-refractivity contribution in [2.75, 3.05) is 6.61 Å². The second-order valence-electron chi connectivity index (χ2n) is 6.52. The highest BCUT2D eigenvalue weighted by molar-refractivity contribution is 5.82. The van der Waals surface area contributed by atoms with E-state index in [1.807, 2.05) is 0 Å². The molecule has 1 aromatic carbocycles. The SMILES string of the molecule is O=c1cc(C(F)(F)C(F)(F)F)c2ccc(OC3O[C@H](CO)[C@@H](O)[C@H](O)[C@H]3O)cc2o1. The van der Waals surface area contributed by atoms with Gasteiger partial charge in [0, 0.05) is 23.1 Å². The number of alkyl halides is 5. The first-order valence-corrected chi connectivity index (χ1v) is 8.37. The molecule has 1 fully saturated rings. The lowest BCUT2D eigenvalue weighted by Crippen LogP contribution is -2.60. The van der Waals surface area contributed by atoms with Crippen molar-refractivity contribution < 1.29 is 56.3 Å². The van der Waals surface area contributed by atoms with Crippen LogP contribution >= 0.6 is 0 Å². The summed E-state index contributed by atoms with van der Waals surface area (Å²) >= 11 is 0. The molecule has 3 rings (SSSR count). The zero-order valence-corrected chi connectivity index (χ0v) is 14.7. The van der Waals surface area contributed by atoms with Crippen LogP contribution in [0.3, 0.4) is 0 Å². The van der Waals surface area contributed by atoms with E-state index in [4.69, 9.17) is 14.6 Å². The fourth-order valence-corrected chi connectivity index (χ4v) is 2.93. The van der Waals surface area contributed by atoms with Gasteiger partial charge in [-0.15, -0.1) is 0 Å². The molecule has 4 N–H and O–H groups in total. The summed E-state index contributed by atoms with van der Waals surface area (Å²) in [6.45, 7) is -0.743. The molecule has 2 heterocycles. The van der Waals surface area contributed by atoms with E-state index in [-0.39, 0.29) is 11.8 Å². The van der Waals surface area contributed by atoms with E-state index in [0.717, 1.165) is 18.2 Å². The number of hydrogen-bond donors (Lipinski definition) is 4. The first kappa shape index (κ1) is 22.4. The zero-order valence-electron chi connectivity index (χ0n) is 14.7. The Morgan fingerprint density at radius 2 is 1.67 bits per heavy atom. The third kappa shape index (κ3) is 3.86. The van der Waals surface area contributed by atoms with Gasteiger partial charge in [0.05, 0.1) is 6.61 Å². The maximum atomic E-state index is 13.8. The van der Waals surface area contributed by atoms with Crippen molar-refractivity contribution >= 4 is 11.0 Å². The molecule has 0 aliphatic carbocycles. The number of benzene rings is 1. The van der Waals surface area contributed by atoms with Gasteiger partial charge in [0.2, 0.25) is 6.29 Å². The molecule has 30 heavy (non-hydrogen) atoms. The van der Waals surface area contributed by atoms with Crippen molar-refractivity contribution in [1.29, 1.82) is 0 Å². The Bertz CT molecular complexity index is 973. The maximum Gasteiger partial charge on any atom is 0.458 e. The zero-order chi connectivity index (χ0) is 22.4. The minimum Gasteiger partial charge on any atom is -0.462 e. The summed E-state index contributed by atoms with van der Waals surface area (Å²) < 4.78 is 80.8. The summed E-state index contributed by atoms with van der Waals surface area (Å²) in [6, 6.07) is 2.58. The molecule has 1 saturated heterocycles. The van der Waals surface area contributed by atoms with E-state index in [9.17, 15) is 42.1 Å². The van der Waals surface area contributed by atoms with Crippen LogP contribution in [0.15, 0.2) is 33.5 Å². The number of aliphatic hydroxyl groups is 4. The molecule has 0 spiro atoms. The van der Waals surface area contributed by atoms with Gasteiger partial charge < -0.3 is 34.3 Å². The first-order valence-electron chi connectivity index (χ1n) is 8.37. The molecular formula is C17H15F5O8. The number of aliphatic hydroxyl groups excluding tert-OH is 4. The normalized spacial score (nSPS) is 28.0. The summed E-state index contributed by atoms with van der Waals surface area (Å²) in [6.07, 6.45) is -14.1. The molecule has 1 unspecified atom stereocenters. The molecule has 8 nitrogen and oxygen atoms in total. The summed E-state index contributed by atoms with van der Waals surface area (Å²) in [7, 11) is 0. The summed E-state index contributed by atoms with van der Waals surface area (Å²) in [5.74, 6) is -5.62. The van der Waals surface area contributed by atoms with Gasteiger partial charge in [0.15, 0.2) is 0 Å². The van der Waals surface area contributed by atoms with E-state index in [0.29, 0.717) is 0 Å². The Kier molecular flexibility index (Phi) is 5.77. The molecule has 166 valence electrons. The highest BCUT2D eigenvalue weighted by Crippen LogP contribution is 2.46. The van der Waals surface area contributed by atoms with Gasteiger partial charge in [-0.05, 0) is 12.1 Å². The first-order chi connectivity index (χ1) is 13.9. The lowest BCUT2D eigenvalue weighted by molar-refractivity contribution is -0.288. The molecule has 1 aliphatic heterocycles. The topological polar surface area (TPSA) is 130 Å². The molecule has 0 amide bonds. The monoisotopic (exact) mass is 442 g/mol. The van der Waals surface area contributed by atoms with Gasteiger partial charge in [-0.2, -0.15) is 22.0 Å². The standard InChI is InChI=1S/C17H15F5O8/c18-16(19,17(20,21)22)8-4-11(24)29-9-3-6(1-2-7(8)9)28-15-14(27)13(26)12(25)10(5-23)30-15/h1-4,10,12-15,23,25-27H,5H2/t10-,12-,13+,14-,15?/m1/s1. The average Bonchev–Trinajstić information content (AvgIpc) is 2.66. The van der Waals surface area contributed by atoms with Crippen molar-refractivity contribution in [2.24, 2.45) is 0 Å². The molecule has 1 aromatic heterocycles. The second-order valence-corrected chi connectivity index (χ2v) is 6.52. The van der Waals surface area contributed by atoms with Crippen molar-refractivity contribution in [3.63, 3.8) is 0 Å². The molecule has 5 atom stereocenters. The fourth-order valence-electron chi connectivity index (χ4n) is 2.93. The number of hydrogen-bond acceptors (Lipinski definition) is 8. The smallest absolute Gasteiger partial charge is 0.458 e. The quantitative estimate of drug-likeness (QED) is 0.401. The van der Waals surface area contributed by atoms with E-state index < -0.39 is 71.6 Å². The van der Waals surface area contributed by atoms with Crippen LogP contribution in [0.5, 0.6) is 5.75 Å². The third-order valence-electron chi connectivity index (χ3n) is 4.51. The average molecular weight is 442 g/mol. The van der Waals surface area contributed by atoms with E-state index in [1.165, 1.54) is 0 Å². The van der Waals surface area contributed by atoms with Gasteiger partial charge in [0.1, 0.15) is 35.7 Å². The maximum absolute atomic E-state index is 13.8. The second kappa shape index (κ2) is 7.74. The van der Waals surface area contributed by atoms with Crippen LogP contribution in [-0.4, -0.2) is 63.9 Å². The largest absolute Gasteiger partial charge is 0.462 e. The van der Waals surface area contributed by atoms with Crippen molar-refractivity contribution in [1.82, 2.24) is 0 Å². The Morgan fingerprint density at radius 1 is 1.00 bits per heavy atom. The third-order valence-corrected chi connectivity index (χ3v) is 4.51. The van der Waals surface area contributed by atoms with Crippen LogP contribution in [0.2, 0.25) is 0 Å². The Hall–Kier alpha value is -2.32. The highest BCUT2D eigenvalue weighted by atomic mass is 19.4. The summed E-state index contributed by atoms with van der Waals surface area (Å²) in [5, 5.41) is 37.8. The molecule has 2 aromatic rings. The van der Waals surface area contributed by atoms with Crippen molar-refractivity contribution in [3.8, 4) is 5.75 Å². The molecule has 1 aliphatic rings. The number of rotatable bonds is 4. The lowest BCUT2D eigenvalue weighted by atomic mass is 9.99. The van der Waals surface area contributed by atoms with Gasteiger partial charge in [-0.25, -0.2) is 4.79 Å². The van der Waals surface area contributed by atoms with Gasteiger partial charge in [-0.3, -0.25) is 0 Å². The Labute approximate surface area is 163 Å². The van der Waals surface area contributed by atoms with Crippen LogP contribution in [0.25, 0.3) is 11.0 Å². The van der Waals surface area contributed by atoms with Gasteiger partial charge in [0.25, 0.3) is 0 Å². The Morgan fingerprint density at radius 3 is 2.27 bits per heavy atom. The van der Waals surface area contributed by atoms with E-state index in [2.05, 4.69) is 4.42 Å². The van der Waals surface area contributed by atoms with E-state index >= 15 is 0 Å². The molecule has 0 bridgehead atoms. The summed E-state index contributed by atoms with van der Waals surface area (Å²) in [4.78, 5) is 11.5. The minimum atomic E-state index is -5.96. The van der Waals surface area contributed by atoms with Crippen LogP contribution in [0.1, 0.15) is 5.56 Å². The highest BCUT2D eigenvalue weighted by Gasteiger charge is 2.59. The fraction of sp³-hybridized carbons (Fsp3) is 0.471. The number of ether oxygens (including phenoxy) is 2. The number of halogens is 5. The van der Waals surface area contributed by atoms with Crippen LogP contribution in [0, 0.1) is 0 Å². The van der Waals surface area contributed by atoms with Crippen LogP contribution < -0.4 is 10.4 Å². The molecule has 0 saturated carbocycles. The summed E-state index contributed by atoms with van der Waals surface area (Å²) in [5.41, 5.74) is -3.74. The van der Waals surface area contributed by atoms with Crippen molar-refractivity contribution in [3.05, 3.63) is 40.2 Å². The lowest BCUT2D eigenvalue weighted by Gasteiger charge is -2.39. The Balaban J connectivity index is 1.98. The van der Waals surface area contributed by atoms with Crippen molar-refractivity contribution in [2.45, 2.75) is 42.8 Å². The minimum absolute atomic E-state index is 0.0357. The van der Waals surface area contributed by atoms with E-state index in [1.54, 1.807) is 0 Å².